The molecule has 3 nitrogen and oxygen atoms in total. The number of hydrogen-bond donors (Lipinski definition) is 1. The minimum Gasteiger partial charge on any atom is -0.396 e. The third kappa shape index (κ3) is 3.20. The molecule has 0 spiro atoms. The molecule has 0 saturated heterocycles. The van der Waals surface area contributed by atoms with Gasteiger partial charge in [0.05, 0.1) is 6.61 Å². The van der Waals surface area contributed by atoms with Gasteiger partial charge in [-0.15, -0.1) is 0 Å². The number of carbonyl (C=O) groups is 1. The first-order valence-electron chi connectivity index (χ1n) is 5.84. The molecule has 1 amide bonds. The van der Waals surface area contributed by atoms with E-state index in [-0.39, 0.29) is 17.9 Å². The van der Waals surface area contributed by atoms with Crippen LogP contribution in [0.5, 0.6) is 0 Å². The van der Waals surface area contributed by atoms with Crippen LogP contribution in [0, 0.1) is 11.3 Å². The summed E-state index contributed by atoms with van der Waals surface area (Å²) >= 11 is 0. The molecule has 0 aromatic carbocycles. The average molecular weight is 213 g/mol. The zero-order valence-electron chi connectivity index (χ0n) is 10.1. The van der Waals surface area contributed by atoms with Gasteiger partial charge in [0.1, 0.15) is 0 Å². The van der Waals surface area contributed by atoms with Gasteiger partial charge in [-0.2, -0.15) is 0 Å². The van der Waals surface area contributed by atoms with Gasteiger partial charge in [-0.3, -0.25) is 4.79 Å². The summed E-state index contributed by atoms with van der Waals surface area (Å²) in [7, 11) is 1.85. The Balaban J connectivity index is 2.40. The fourth-order valence-corrected chi connectivity index (χ4v) is 2.14. The lowest BCUT2D eigenvalue weighted by molar-refractivity contribution is -0.133. The fourth-order valence-electron chi connectivity index (χ4n) is 2.14. The van der Waals surface area contributed by atoms with Crippen LogP contribution >= 0.6 is 0 Å². The summed E-state index contributed by atoms with van der Waals surface area (Å²) in [4.78, 5) is 13.5. The van der Waals surface area contributed by atoms with E-state index in [2.05, 4.69) is 13.8 Å². The fraction of sp³-hybridized carbons (Fsp3) is 0.917. The Hall–Kier alpha value is -0.570. The standard InChI is InChI=1S/C12H23NO2/c1-10(2)7-11(15)13(3)8-12(9-14)5-4-6-12/h10,14H,4-9H2,1-3H3. The Labute approximate surface area is 92.5 Å². The van der Waals surface area contributed by atoms with Crippen LogP contribution < -0.4 is 0 Å². The van der Waals surface area contributed by atoms with Gasteiger partial charge in [0.15, 0.2) is 0 Å². The predicted octanol–water partition coefficient (Wildman–Crippen LogP) is 1.65. The third-order valence-corrected chi connectivity index (χ3v) is 3.33. The Morgan fingerprint density at radius 1 is 1.47 bits per heavy atom. The smallest absolute Gasteiger partial charge is 0.222 e. The van der Waals surface area contributed by atoms with E-state index in [1.165, 1.54) is 6.42 Å². The zero-order valence-corrected chi connectivity index (χ0v) is 10.1. The lowest BCUT2D eigenvalue weighted by Crippen LogP contribution is -2.45. The number of hydrogen-bond acceptors (Lipinski definition) is 2. The molecule has 0 aliphatic heterocycles. The van der Waals surface area contributed by atoms with Crippen molar-refractivity contribution in [1.29, 1.82) is 0 Å². The molecule has 0 heterocycles. The highest BCUT2D eigenvalue weighted by atomic mass is 16.3. The molecular formula is C12H23NO2. The highest BCUT2D eigenvalue weighted by molar-refractivity contribution is 5.76. The van der Waals surface area contributed by atoms with Crippen LogP contribution in [0.2, 0.25) is 0 Å². The molecule has 1 aliphatic rings. The van der Waals surface area contributed by atoms with Crippen LogP contribution in [-0.2, 0) is 4.79 Å². The maximum absolute atomic E-state index is 11.7. The monoisotopic (exact) mass is 213 g/mol. The van der Waals surface area contributed by atoms with Gasteiger partial charge in [0.2, 0.25) is 5.91 Å². The van der Waals surface area contributed by atoms with Crippen LogP contribution in [-0.4, -0.2) is 36.1 Å². The highest BCUT2D eigenvalue weighted by Crippen LogP contribution is 2.40. The molecule has 0 bridgehead atoms. The molecule has 0 aromatic rings. The number of carbonyl (C=O) groups excluding carboxylic acids is 1. The molecule has 1 rings (SSSR count). The van der Waals surface area contributed by atoms with E-state index in [1.54, 1.807) is 4.90 Å². The van der Waals surface area contributed by atoms with Gasteiger partial charge in [0.25, 0.3) is 0 Å². The molecule has 1 N–H and O–H groups in total. The van der Waals surface area contributed by atoms with Crippen molar-refractivity contribution in [1.82, 2.24) is 4.90 Å². The van der Waals surface area contributed by atoms with Crippen molar-refractivity contribution < 1.29 is 9.90 Å². The summed E-state index contributed by atoms with van der Waals surface area (Å²) in [5, 5.41) is 9.31. The predicted molar refractivity (Wildman–Crippen MR) is 60.5 cm³/mol. The van der Waals surface area contributed by atoms with Crippen molar-refractivity contribution in [2.45, 2.75) is 39.5 Å². The Morgan fingerprint density at radius 3 is 2.40 bits per heavy atom. The minimum atomic E-state index is 0.0153. The molecule has 0 unspecified atom stereocenters. The van der Waals surface area contributed by atoms with Crippen molar-refractivity contribution in [3.63, 3.8) is 0 Å². The number of aliphatic hydroxyl groups excluding tert-OH is 1. The van der Waals surface area contributed by atoms with Crippen LogP contribution in [0.3, 0.4) is 0 Å². The number of amides is 1. The Morgan fingerprint density at radius 2 is 2.07 bits per heavy atom. The quantitative estimate of drug-likeness (QED) is 0.754. The molecule has 1 aliphatic carbocycles. The van der Waals surface area contributed by atoms with E-state index in [4.69, 9.17) is 0 Å². The summed E-state index contributed by atoms with van der Waals surface area (Å²) in [6.07, 6.45) is 3.91. The average Bonchev–Trinajstić information content (AvgIpc) is 2.09. The summed E-state index contributed by atoms with van der Waals surface area (Å²) in [6.45, 7) is 5.04. The maximum Gasteiger partial charge on any atom is 0.222 e. The molecule has 1 saturated carbocycles. The van der Waals surface area contributed by atoms with Gasteiger partial charge in [-0.25, -0.2) is 0 Å². The molecule has 88 valence electrons. The molecule has 1 fully saturated rings. The second kappa shape index (κ2) is 4.97. The summed E-state index contributed by atoms with van der Waals surface area (Å²) in [5.74, 6) is 0.608. The molecule has 3 heteroatoms. The van der Waals surface area contributed by atoms with E-state index in [0.29, 0.717) is 12.3 Å². The topological polar surface area (TPSA) is 40.5 Å². The zero-order chi connectivity index (χ0) is 11.5. The minimum absolute atomic E-state index is 0.0153. The largest absolute Gasteiger partial charge is 0.396 e. The van der Waals surface area contributed by atoms with Crippen molar-refractivity contribution in [3.05, 3.63) is 0 Å². The lowest BCUT2D eigenvalue weighted by atomic mass is 9.69. The first-order valence-corrected chi connectivity index (χ1v) is 5.84. The van der Waals surface area contributed by atoms with Crippen molar-refractivity contribution in [3.8, 4) is 0 Å². The summed E-state index contributed by atoms with van der Waals surface area (Å²) in [5.41, 5.74) is 0.0153. The van der Waals surface area contributed by atoms with E-state index in [9.17, 15) is 9.90 Å². The molecule has 0 radical (unpaired) electrons. The molecular weight excluding hydrogens is 190 g/mol. The lowest BCUT2D eigenvalue weighted by Gasteiger charge is -2.43. The van der Waals surface area contributed by atoms with E-state index in [0.717, 1.165) is 19.4 Å². The van der Waals surface area contributed by atoms with Gasteiger partial charge in [-0.1, -0.05) is 20.3 Å². The Bertz CT molecular complexity index is 216. The summed E-state index contributed by atoms with van der Waals surface area (Å²) < 4.78 is 0. The van der Waals surface area contributed by atoms with Gasteiger partial charge in [0, 0.05) is 25.4 Å². The van der Waals surface area contributed by atoms with Crippen LogP contribution in [0.4, 0.5) is 0 Å². The first-order chi connectivity index (χ1) is 6.99. The van der Waals surface area contributed by atoms with Crippen LogP contribution in [0.15, 0.2) is 0 Å². The van der Waals surface area contributed by atoms with E-state index < -0.39 is 0 Å². The van der Waals surface area contributed by atoms with E-state index in [1.807, 2.05) is 7.05 Å². The van der Waals surface area contributed by atoms with Crippen molar-refractivity contribution in [2.75, 3.05) is 20.2 Å². The molecule has 0 atom stereocenters. The van der Waals surface area contributed by atoms with Crippen molar-refractivity contribution in [2.24, 2.45) is 11.3 Å². The summed E-state index contributed by atoms with van der Waals surface area (Å²) in [6, 6.07) is 0. The number of rotatable bonds is 5. The highest BCUT2D eigenvalue weighted by Gasteiger charge is 2.38. The number of nitrogens with zero attached hydrogens (tertiary/aromatic N) is 1. The second-order valence-corrected chi connectivity index (χ2v) is 5.36. The normalized spacial score (nSPS) is 18.7. The maximum atomic E-state index is 11.7. The SMILES string of the molecule is CC(C)CC(=O)N(C)CC1(CO)CCC1. The van der Waals surface area contributed by atoms with Gasteiger partial charge >= 0.3 is 0 Å². The van der Waals surface area contributed by atoms with Gasteiger partial charge in [-0.05, 0) is 18.8 Å². The molecule has 15 heavy (non-hydrogen) atoms. The first kappa shape index (κ1) is 12.5. The van der Waals surface area contributed by atoms with E-state index >= 15 is 0 Å². The Kier molecular flexibility index (Phi) is 4.14. The third-order valence-electron chi connectivity index (χ3n) is 3.33. The van der Waals surface area contributed by atoms with Crippen LogP contribution in [0.25, 0.3) is 0 Å². The second-order valence-electron chi connectivity index (χ2n) is 5.36. The molecule has 0 aromatic heterocycles. The number of aliphatic hydroxyl groups is 1. The van der Waals surface area contributed by atoms with Gasteiger partial charge < -0.3 is 10.0 Å². The van der Waals surface area contributed by atoms with Crippen molar-refractivity contribution >= 4 is 5.91 Å². The van der Waals surface area contributed by atoms with Crippen LogP contribution in [0.1, 0.15) is 39.5 Å².